The Morgan fingerprint density at radius 3 is 2.48 bits per heavy atom. The lowest BCUT2D eigenvalue weighted by Crippen LogP contribution is -2.42. The molecule has 0 saturated carbocycles. The normalized spacial score (nSPS) is 11.5. The van der Waals surface area contributed by atoms with Crippen molar-refractivity contribution in [1.29, 1.82) is 0 Å². The molecule has 3 rings (SSSR count). The van der Waals surface area contributed by atoms with E-state index in [0.29, 0.717) is 11.4 Å². The van der Waals surface area contributed by atoms with Crippen LogP contribution in [0.5, 0.6) is 5.88 Å². The molecular formula is C19H21N9O5. The van der Waals surface area contributed by atoms with E-state index in [0.717, 1.165) is 0 Å². The molecule has 0 aliphatic carbocycles. The minimum Gasteiger partial charge on any atom is -0.492 e. The van der Waals surface area contributed by atoms with Gasteiger partial charge >= 0.3 is 5.97 Å². The summed E-state index contributed by atoms with van der Waals surface area (Å²) in [6, 6.07) is 5.04. The smallest absolute Gasteiger partial charge is 0.326 e. The average molecular weight is 455 g/mol. The molecule has 33 heavy (non-hydrogen) atoms. The molecule has 1 atom stereocenters. The van der Waals surface area contributed by atoms with Crippen molar-refractivity contribution in [3.8, 4) is 5.88 Å². The number of nitrogens with two attached hydrogens (primary N) is 2. The van der Waals surface area contributed by atoms with Gasteiger partial charge in [-0.2, -0.15) is 9.97 Å². The fourth-order valence-electron chi connectivity index (χ4n) is 2.81. The van der Waals surface area contributed by atoms with Crippen LogP contribution in [0.15, 0.2) is 30.5 Å². The van der Waals surface area contributed by atoms with Crippen LogP contribution in [-0.2, 0) is 16.1 Å². The van der Waals surface area contributed by atoms with Gasteiger partial charge < -0.3 is 26.6 Å². The van der Waals surface area contributed by atoms with Gasteiger partial charge in [-0.25, -0.2) is 20.6 Å². The SMILES string of the molecule is NNC(=O)CCC(NC(=O)c1ccc(NCc2cnc3nc(N)nc(O)c3n2)cc1)C(=O)O. The summed E-state index contributed by atoms with van der Waals surface area (Å²) in [5, 5.41) is 24.6. The first-order valence-electron chi connectivity index (χ1n) is 9.62. The van der Waals surface area contributed by atoms with Crippen LogP contribution < -0.4 is 27.6 Å². The number of anilines is 2. The third-order valence-corrected chi connectivity index (χ3v) is 4.50. The van der Waals surface area contributed by atoms with Crippen LogP contribution >= 0.6 is 0 Å². The second-order valence-corrected chi connectivity index (χ2v) is 6.84. The fourth-order valence-corrected chi connectivity index (χ4v) is 2.81. The lowest BCUT2D eigenvalue weighted by molar-refractivity contribution is -0.139. The summed E-state index contributed by atoms with van der Waals surface area (Å²) in [6.45, 7) is 0.253. The van der Waals surface area contributed by atoms with Crippen LogP contribution in [0.1, 0.15) is 28.9 Å². The van der Waals surface area contributed by atoms with Gasteiger partial charge in [0.2, 0.25) is 17.7 Å². The number of aromatic hydroxyl groups is 1. The lowest BCUT2D eigenvalue weighted by atomic mass is 10.1. The number of benzene rings is 1. The summed E-state index contributed by atoms with van der Waals surface area (Å²) in [6.07, 6.45) is 1.22. The van der Waals surface area contributed by atoms with Crippen LogP contribution in [0.2, 0.25) is 0 Å². The highest BCUT2D eigenvalue weighted by Gasteiger charge is 2.21. The van der Waals surface area contributed by atoms with Crippen LogP contribution in [0.25, 0.3) is 11.2 Å². The van der Waals surface area contributed by atoms with Gasteiger partial charge in [-0.05, 0) is 30.7 Å². The number of hydrogen-bond acceptors (Lipinski definition) is 11. The standard InChI is InChI=1S/C19H21N9O5/c20-19-26-15-14(17(31)27-19)24-11(8-23-15)7-22-10-3-1-9(2-4-10)16(30)25-12(18(32)33)5-6-13(29)28-21/h1-4,8,12,22H,5-7,21H2,(H,25,30)(H,28,29)(H,32,33)(H3,20,23,26,27,31). The number of carboxylic acids is 1. The van der Waals surface area contributed by atoms with Gasteiger partial charge in [-0.15, -0.1) is 0 Å². The number of amides is 2. The van der Waals surface area contributed by atoms with Gasteiger partial charge in [0.05, 0.1) is 18.4 Å². The highest BCUT2D eigenvalue weighted by Crippen LogP contribution is 2.19. The predicted molar refractivity (Wildman–Crippen MR) is 115 cm³/mol. The largest absolute Gasteiger partial charge is 0.492 e. The van der Waals surface area contributed by atoms with Crippen molar-refractivity contribution in [2.24, 2.45) is 5.84 Å². The number of carbonyl (C=O) groups excluding carboxylic acids is 2. The second-order valence-electron chi connectivity index (χ2n) is 6.84. The molecule has 0 aliphatic heterocycles. The number of aliphatic carboxylic acids is 1. The molecule has 3 aromatic rings. The summed E-state index contributed by atoms with van der Waals surface area (Å²) in [5.74, 6) is 2.09. The Morgan fingerprint density at radius 2 is 1.82 bits per heavy atom. The molecule has 0 aliphatic rings. The first-order chi connectivity index (χ1) is 15.8. The lowest BCUT2D eigenvalue weighted by Gasteiger charge is -2.14. The molecule has 2 amide bonds. The Labute approximate surface area is 186 Å². The maximum Gasteiger partial charge on any atom is 0.326 e. The number of nitrogens with one attached hydrogen (secondary N) is 3. The van der Waals surface area contributed by atoms with E-state index in [2.05, 4.69) is 30.6 Å². The van der Waals surface area contributed by atoms with E-state index < -0.39 is 23.8 Å². The number of fused-ring (bicyclic) bond motifs is 1. The van der Waals surface area contributed by atoms with Gasteiger partial charge in [0.25, 0.3) is 5.91 Å². The minimum atomic E-state index is -1.26. The zero-order valence-electron chi connectivity index (χ0n) is 17.1. The Hall–Kier alpha value is -4.59. The number of rotatable bonds is 9. The quantitative estimate of drug-likeness (QED) is 0.120. The molecule has 0 bridgehead atoms. The molecule has 172 valence electrons. The third-order valence-electron chi connectivity index (χ3n) is 4.50. The highest BCUT2D eigenvalue weighted by molar-refractivity contribution is 5.97. The fraction of sp³-hybridized carbons (Fsp3) is 0.211. The Bertz CT molecular complexity index is 1190. The predicted octanol–water partition coefficient (Wildman–Crippen LogP) is -0.727. The van der Waals surface area contributed by atoms with Crippen LogP contribution in [0.4, 0.5) is 11.6 Å². The van der Waals surface area contributed by atoms with E-state index in [1.165, 1.54) is 18.3 Å². The Morgan fingerprint density at radius 1 is 1.09 bits per heavy atom. The summed E-state index contributed by atoms with van der Waals surface area (Å²) in [5.41, 5.74) is 9.04. The third kappa shape index (κ3) is 5.98. The maximum absolute atomic E-state index is 12.4. The van der Waals surface area contributed by atoms with E-state index in [1.807, 2.05) is 5.43 Å². The molecule has 1 aromatic carbocycles. The molecule has 2 heterocycles. The van der Waals surface area contributed by atoms with E-state index >= 15 is 0 Å². The Balaban J connectivity index is 1.60. The second kappa shape index (κ2) is 10.1. The molecule has 0 radical (unpaired) electrons. The molecule has 0 saturated heterocycles. The molecule has 0 spiro atoms. The van der Waals surface area contributed by atoms with Crippen molar-refractivity contribution >= 4 is 40.6 Å². The van der Waals surface area contributed by atoms with Crippen molar-refractivity contribution in [2.45, 2.75) is 25.4 Å². The maximum atomic E-state index is 12.4. The van der Waals surface area contributed by atoms with Crippen molar-refractivity contribution in [1.82, 2.24) is 30.7 Å². The van der Waals surface area contributed by atoms with Gasteiger partial charge in [-0.3, -0.25) is 15.0 Å². The molecule has 14 heteroatoms. The van der Waals surface area contributed by atoms with E-state index in [1.54, 1.807) is 12.1 Å². The van der Waals surface area contributed by atoms with Gasteiger partial charge in [0.1, 0.15) is 6.04 Å². The number of nitrogens with zero attached hydrogens (tertiary/aromatic N) is 4. The number of carbonyl (C=O) groups is 3. The number of hydrazine groups is 1. The topological polar surface area (TPSA) is 231 Å². The van der Waals surface area contributed by atoms with Gasteiger partial charge in [-0.1, -0.05) is 0 Å². The summed E-state index contributed by atoms with van der Waals surface area (Å²) in [4.78, 5) is 50.8. The molecule has 2 aromatic heterocycles. The van der Waals surface area contributed by atoms with Crippen molar-refractivity contribution < 1.29 is 24.6 Å². The van der Waals surface area contributed by atoms with Crippen molar-refractivity contribution in [3.05, 3.63) is 41.7 Å². The van der Waals surface area contributed by atoms with E-state index in [-0.39, 0.29) is 47.9 Å². The van der Waals surface area contributed by atoms with Crippen LogP contribution in [0, 0.1) is 0 Å². The number of hydrogen-bond donors (Lipinski definition) is 7. The Kier molecular flexibility index (Phi) is 7.10. The highest BCUT2D eigenvalue weighted by atomic mass is 16.4. The number of aromatic nitrogens is 4. The number of carboxylic acid groups (broad SMARTS) is 1. The van der Waals surface area contributed by atoms with Crippen molar-refractivity contribution in [3.63, 3.8) is 0 Å². The van der Waals surface area contributed by atoms with Crippen LogP contribution in [0.3, 0.4) is 0 Å². The molecule has 1 unspecified atom stereocenters. The first kappa shape index (κ1) is 23.1. The molecule has 9 N–H and O–H groups in total. The van der Waals surface area contributed by atoms with Gasteiger partial charge in [0.15, 0.2) is 11.2 Å². The zero-order chi connectivity index (χ0) is 24.0. The number of nitrogen functional groups attached to an aromatic ring is 1. The summed E-state index contributed by atoms with van der Waals surface area (Å²) >= 11 is 0. The monoisotopic (exact) mass is 455 g/mol. The molecular weight excluding hydrogens is 434 g/mol. The van der Waals surface area contributed by atoms with Gasteiger partial charge in [0, 0.05) is 17.7 Å². The summed E-state index contributed by atoms with van der Waals surface area (Å²) in [7, 11) is 0. The minimum absolute atomic E-state index is 0.107. The first-order valence-corrected chi connectivity index (χ1v) is 9.62. The van der Waals surface area contributed by atoms with E-state index in [4.69, 9.17) is 11.6 Å². The molecule has 0 fully saturated rings. The zero-order valence-corrected chi connectivity index (χ0v) is 17.1. The van der Waals surface area contributed by atoms with E-state index in [9.17, 15) is 24.6 Å². The van der Waals surface area contributed by atoms with Crippen LogP contribution in [-0.4, -0.2) is 54.0 Å². The molecule has 14 nitrogen and oxygen atoms in total. The summed E-state index contributed by atoms with van der Waals surface area (Å²) < 4.78 is 0. The van der Waals surface area contributed by atoms with Crippen molar-refractivity contribution in [2.75, 3.05) is 11.1 Å². The average Bonchev–Trinajstić information content (AvgIpc) is 2.80.